The zero-order chi connectivity index (χ0) is 8.97. The first-order valence-electron chi connectivity index (χ1n) is 4.79. The Balaban J connectivity index is 2.24. The van der Waals surface area contributed by atoms with E-state index in [-0.39, 0.29) is 5.91 Å². The quantitative estimate of drug-likeness (QED) is 0.394. The van der Waals surface area contributed by atoms with Crippen LogP contribution in [-0.4, -0.2) is 17.5 Å². The van der Waals surface area contributed by atoms with Gasteiger partial charge in [-0.2, -0.15) is 0 Å². The molecule has 0 aromatic heterocycles. The summed E-state index contributed by atoms with van der Waals surface area (Å²) in [6, 6.07) is 0. The number of carbonyl (C=O) groups excluding carboxylic acids is 1. The Hall–Kier alpha value is -0.570. The zero-order valence-electron chi connectivity index (χ0n) is 7.75. The van der Waals surface area contributed by atoms with E-state index in [9.17, 15) is 4.79 Å². The minimum absolute atomic E-state index is 0.0573. The van der Waals surface area contributed by atoms with Crippen molar-refractivity contribution in [2.24, 2.45) is 11.8 Å². The second-order valence-corrected chi connectivity index (χ2v) is 3.55. The number of amides is 1. The van der Waals surface area contributed by atoms with E-state index in [2.05, 4.69) is 0 Å². The molecule has 0 radical (unpaired) electrons. The summed E-state index contributed by atoms with van der Waals surface area (Å²) in [7, 11) is 0. The first kappa shape index (κ1) is 9.52. The van der Waals surface area contributed by atoms with Gasteiger partial charge in [-0.1, -0.05) is 19.8 Å². The Morgan fingerprint density at radius 2 is 2.08 bits per heavy atom. The van der Waals surface area contributed by atoms with E-state index < -0.39 is 0 Å². The SMILES string of the molecule is CCC(=O)N(N)CC1CCCC1. The van der Waals surface area contributed by atoms with Gasteiger partial charge in [-0.05, 0) is 18.8 Å². The van der Waals surface area contributed by atoms with Crippen molar-refractivity contribution in [1.82, 2.24) is 5.01 Å². The van der Waals surface area contributed by atoms with E-state index in [0.717, 1.165) is 6.54 Å². The molecule has 70 valence electrons. The van der Waals surface area contributed by atoms with Gasteiger partial charge < -0.3 is 0 Å². The van der Waals surface area contributed by atoms with E-state index >= 15 is 0 Å². The molecule has 1 aliphatic carbocycles. The van der Waals surface area contributed by atoms with Gasteiger partial charge in [-0.25, -0.2) is 5.84 Å². The molecule has 0 aromatic rings. The van der Waals surface area contributed by atoms with Crippen molar-refractivity contribution in [3.8, 4) is 0 Å². The zero-order valence-corrected chi connectivity index (χ0v) is 7.75. The topological polar surface area (TPSA) is 46.3 Å². The van der Waals surface area contributed by atoms with Gasteiger partial charge >= 0.3 is 0 Å². The van der Waals surface area contributed by atoms with E-state index in [4.69, 9.17) is 5.84 Å². The number of nitrogens with two attached hydrogens (primary N) is 1. The van der Waals surface area contributed by atoms with Crippen LogP contribution in [0.5, 0.6) is 0 Å². The molecule has 2 N–H and O–H groups in total. The highest BCUT2D eigenvalue weighted by molar-refractivity contribution is 5.75. The molecule has 0 atom stereocenters. The lowest BCUT2D eigenvalue weighted by Gasteiger charge is -2.19. The smallest absolute Gasteiger partial charge is 0.236 e. The fourth-order valence-corrected chi connectivity index (χ4v) is 1.78. The van der Waals surface area contributed by atoms with Gasteiger partial charge in [0.15, 0.2) is 0 Å². The van der Waals surface area contributed by atoms with Crippen molar-refractivity contribution in [3.05, 3.63) is 0 Å². The molecule has 0 unspecified atom stereocenters. The average molecular weight is 170 g/mol. The maximum atomic E-state index is 11.1. The van der Waals surface area contributed by atoms with Crippen LogP contribution in [0.4, 0.5) is 0 Å². The molecule has 1 fully saturated rings. The molecule has 12 heavy (non-hydrogen) atoms. The lowest BCUT2D eigenvalue weighted by molar-refractivity contribution is -0.131. The maximum Gasteiger partial charge on any atom is 0.236 e. The summed E-state index contributed by atoms with van der Waals surface area (Å²) >= 11 is 0. The van der Waals surface area contributed by atoms with Crippen LogP contribution in [0.3, 0.4) is 0 Å². The molecule has 0 heterocycles. The summed E-state index contributed by atoms with van der Waals surface area (Å²) in [6.07, 6.45) is 5.61. The Bertz CT molecular complexity index is 153. The first-order chi connectivity index (χ1) is 5.74. The molecule has 1 saturated carbocycles. The van der Waals surface area contributed by atoms with Gasteiger partial charge in [-0.3, -0.25) is 9.80 Å². The Kier molecular flexibility index (Phi) is 3.53. The van der Waals surface area contributed by atoms with E-state index in [1.807, 2.05) is 6.92 Å². The number of hydrazine groups is 1. The molecule has 0 aliphatic heterocycles. The summed E-state index contributed by atoms with van der Waals surface area (Å²) < 4.78 is 0. The molecule has 0 spiro atoms. The maximum absolute atomic E-state index is 11.1. The average Bonchev–Trinajstić information content (AvgIpc) is 2.55. The summed E-state index contributed by atoms with van der Waals surface area (Å²) in [5.74, 6) is 6.31. The number of hydrogen-bond acceptors (Lipinski definition) is 2. The van der Waals surface area contributed by atoms with Gasteiger partial charge in [-0.15, -0.1) is 0 Å². The summed E-state index contributed by atoms with van der Waals surface area (Å²) in [4.78, 5) is 11.1. The van der Waals surface area contributed by atoms with Crippen LogP contribution >= 0.6 is 0 Å². The van der Waals surface area contributed by atoms with Crippen molar-refractivity contribution in [3.63, 3.8) is 0 Å². The first-order valence-corrected chi connectivity index (χ1v) is 4.79. The Morgan fingerprint density at radius 3 is 2.58 bits per heavy atom. The second-order valence-electron chi connectivity index (χ2n) is 3.55. The van der Waals surface area contributed by atoms with Crippen molar-refractivity contribution >= 4 is 5.91 Å². The van der Waals surface area contributed by atoms with Crippen molar-refractivity contribution < 1.29 is 4.79 Å². The summed E-state index contributed by atoms with van der Waals surface area (Å²) in [5, 5.41) is 1.38. The predicted octanol–water partition coefficient (Wildman–Crippen LogP) is 1.29. The lowest BCUT2D eigenvalue weighted by Crippen LogP contribution is -2.40. The largest absolute Gasteiger partial charge is 0.280 e. The van der Waals surface area contributed by atoms with Gasteiger partial charge in [0.1, 0.15) is 0 Å². The highest BCUT2D eigenvalue weighted by atomic mass is 16.2. The minimum atomic E-state index is 0.0573. The van der Waals surface area contributed by atoms with Crippen LogP contribution in [0.25, 0.3) is 0 Å². The summed E-state index contributed by atoms with van der Waals surface area (Å²) in [6.45, 7) is 2.60. The van der Waals surface area contributed by atoms with Crippen molar-refractivity contribution in [2.45, 2.75) is 39.0 Å². The monoisotopic (exact) mass is 170 g/mol. The fraction of sp³-hybridized carbons (Fsp3) is 0.889. The predicted molar refractivity (Wildman–Crippen MR) is 48.1 cm³/mol. The molecule has 1 rings (SSSR count). The van der Waals surface area contributed by atoms with Crippen LogP contribution in [-0.2, 0) is 4.79 Å². The van der Waals surface area contributed by atoms with Crippen LogP contribution < -0.4 is 5.84 Å². The number of rotatable bonds is 3. The summed E-state index contributed by atoms with van der Waals surface area (Å²) in [5.41, 5.74) is 0. The van der Waals surface area contributed by atoms with E-state index in [1.54, 1.807) is 0 Å². The highest BCUT2D eigenvalue weighted by Crippen LogP contribution is 2.24. The van der Waals surface area contributed by atoms with Gasteiger partial charge in [0.25, 0.3) is 0 Å². The normalized spacial score (nSPS) is 18.2. The third-order valence-electron chi connectivity index (χ3n) is 2.55. The van der Waals surface area contributed by atoms with Crippen LogP contribution in [0.1, 0.15) is 39.0 Å². The Labute approximate surface area is 73.9 Å². The van der Waals surface area contributed by atoms with E-state index in [0.29, 0.717) is 12.3 Å². The van der Waals surface area contributed by atoms with Crippen LogP contribution in [0, 0.1) is 5.92 Å². The lowest BCUT2D eigenvalue weighted by atomic mass is 10.1. The minimum Gasteiger partial charge on any atom is -0.280 e. The van der Waals surface area contributed by atoms with Crippen LogP contribution in [0.15, 0.2) is 0 Å². The molecule has 1 amide bonds. The van der Waals surface area contributed by atoms with Gasteiger partial charge in [0.05, 0.1) is 0 Å². The third kappa shape index (κ3) is 2.48. The van der Waals surface area contributed by atoms with Gasteiger partial charge in [0, 0.05) is 13.0 Å². The van der Waals surface area contributed by atoms with Crippen molar-refractivity contribution in [2.75, 3.05) is 6.54 Å². The number of carbonyl (C=O) groups is 1. The fourth-order valence-electron chi connectivity index (χ4n) is 1.78. The molecule has 0 aromatic carbocycles. The number of nitrogens with zero attached hydrogens (tertiary/aromatic N) is 1. The highest BCUT2D eigenvalue weighted by Gasteiger charge is 2.18. The third-order valence-corrected chi connectivity index (χ3v) is 2.55. The molecular formula is C9H18N2O. The Morgan fingerprint density at radius 1 is 1.50 bits per heavy atom. The van der Waals surface area contributed by atoms with Crippen molar-refractivity contribution in [1.29, 1.82) is 0 Å². The van der Waals surface area contributed by atoms with Crippen LogP contribution in [0.2, 0.25) is 0 Å². The standard InChI is InChI=1S/C9H18N2O/c1-2-9(12)11(10)7-8-5-3-4-6-8/h8H,2-7,10H2,1H3. The van der Waals surface area contributed by atoms with E-state index in [1.165, 1.54) is 30.7 Å². The molecule has 0 bridgehead atoms. The molecule has 3 nitrogen and oxygen atoms in total. The van der Waals surface area contributed by atoms with Gasteiger partial charge in [0.2, 0.25) is 5.91 Å². The molecule has 0 saturated heterocycles. The number of hydrogen-bond donors (Lipinski definition) is 1. The molecule has 3 heteroatoms. The molecular weight excluding hydrogens is 152 g/mol. The molecule has 1 aliphatic rings. The second kappa shape index (κ2) is 4.45.